The minimum atomic E-state index is -0.125. The van der Waals surface area contributed by atoms with Crippen molar-refractivity contribution in [3.8, 4) is 0 Å². The highest BCUT2D eigenvalue weighted by Gasteiger charge is 2.18. The van der Waals surface area contributed by atoms with Gasteiger partial charge in [-0.15, -0.1) is 11.3 Å². The van der Waals surface area contributed by atoms with Crippen LogP contribution in [0.25, 0.3) is 10.9 Å². The molecule has 2 N–H and O–H groups in total. The molecule has 0 radical (unpaired) electrons. The molecule has 5 heteroatoms. The fourth-order valence-corrected chi connectivity index (χ4v) is 4.44. The van der Waals surface area contributed by atoms with E-state index in [-0.39, 0.29) is 5.91 Å². The third-order valence-corrected chi connectivity index (χ3v) is 5.79. The predicted octanol–water partition coefficient (Wildman–Crippen LogP) is 4.04. The van der Waals surface area contributed by atoms with Gasteiger partial charge in [0.25, 0.3) is 5.91 Å². The average Bonchev–Trinajstić information content (AvgIpc) is 3.28. The molecule has 0 unspecified atom stereocenters. The molecule has 2 aromatic heterocycles. The Morgan fingerprint density at radius 2 is 2.33 bits per heavy atom. The molecule has 0 atom stereocenters. The largest absolute Gasteiger partial charge is 0.360 e. The first-order valence-electron chi connectivity index (χ1n) is 8.30. The van der Waals surface area contributed by atoms with E-state index in [0.717, 1.165) is 40.6 Å². The Morgan fingerprint density at radius 1 is 1.42 bits per heavy atom. The second kappa shape index (κ2) is 6.24. The first-order chi connectivity index (χ1) is 11.8. The van der Waals surface area contributed by atoms with Crippen LogP contribution in [0.4, 0.5) is 0 Å². The molecular weight excluding hydrogens is 318 g/mol. The summed E-state index contributed by atoms with van der Waals surface area (Å²) in [6.07, 6.45) is 8.02. The van der Waals surface area contributed by atoms with Gasteiger partial charge < -0.3 is 4.98 Å². The fraction of sp³-hybridized carbons (Fsp3) is 0.263. The third-order valence-electron chi connectivity index (χ3n) is 4.55. The standard InChI is InChI=1S/C19H19N3OS/c1-2-12-5-3-7-15-14(10-20-18(12)15)11-21-22-19(23)17-9-13-6-4-8-16(13)24-17/h3,5,7,9-11,20H,2,4,6,8H2,1H3,(H,22,23)/b21-11+. The van der Waals surface area contributed by atoms with Crippen LogP contribution in [0.1, 0.15) is 44.6 Å². The summed E-state index contributed by atoms with van der Waals surface area (Å²) in [5.41, 5.74) is 7.38. The van der Waals surface area contributed by atoms with E-state index in [9.17, 15) is 4.79 Å². The van der Waals surface area contributed by atoms with Gasteiger partial charge in [0.05, 0.1) is 11.1 Å². The van der Waals surface area contributed by atoms with Gasteiger partial charge in [0.15, 0.2) is 0 Å². The monoisotopic (exact) mass is 337 g/mol. The molecular formula is C19H19N3OS. The lowest BCUT2D eigenvalue weighted by Crippen LogP contribution is -2.16. The number of nitrogens with zero attached hydrogens (tertiary/aromatic N) is 1. The Bertz CT molecular complexity index is 914. The number of H-pyrrole nitrogens is 1. The Kier molecular flexibility index (Phi) is 3.94. The van der Waals surface area contributed by atoms with Crippen LogP contribution >= 0.6 is 11.3 Å². The van der Waals surface area contributed by atoms with E-state index in [1.807, 2.05) is 12.3 Å². The molecule has 1 aliphatic rings. The van der Waals surface area contributed by atoms with E-state index in [0.29, 0.717) is 0 Å². The lowest BCUT2D eigenvalue weighted by molar-refractivity contribution is 0.0959. The molecule has 4 rings (SSSR count). The maximum absolute atomic E-state index is 12.2. The maximum atomic E-state index is 12.2. The topological polar surface area (TPSA) is 57.2 Å². The average molecular weight is 337 g/mol. The minimum absolute atomic E-state index is 0.125. The van der Waals surface area contributed by atoms with Crippen molar-refractivity contribution < 1.29 is 4.79 Å². The number of para-hydroxylation sites is 1. The number of hydrazone groups is 1. The molecule has 0 saturated heterocycles. The summed E-state index contributed by atoms with van der Waals surface area (Å²) < 4.78 is 0. The number of aromatic nitrogens is 1. The molecule has 4 nitrogen and oxygen atoms in total. The SMILES string of the molecule is CCc1cccc2c(/C=N/NC(=O)c3cc4c(s3)CCC4)c[nH]c12. The van der Waals surface area contributed by atoms with E-state index < -0.39 is 0 Å². The molecule has 0 saturated carbocycles. The summed E-state index contributed by atoms with van der Waals surface area (Å²) in [7, 11) is 0. The smallest absolute Gasteiger partial charge is 0.281 e. The van der Waals surface area contributed by atoms with Gasteiger partial charge in [-0.05, 0) is 42.9 Å². The van der Waals surface area contributed by atoms with Crippen molar-refractivity contribution in [3.05, 3.63) is 56.9 Å². The molecule has 0 fully saturated rings. The lowest BCUT2D eigenvalue weighted by Gasteiger charge is -1.99. The van der Waals surface area contributed by atoms with Gasteiger partial charge >= 0.3 is 0 Å². The molecule has 0 aliphatic heterocycles. The minimum Gasteiger partial charge on any atom is -0.360 e. The summed E-state index contributed by atoms with van der Waals surface area (Å²) in [5.74, 6) is -0.125. The van der Waals surface area contributed by atoms with Gasteiger partial charge in [-0.25, -0.2) is 5.43 Å². The zero-order valence-electron chi connectivity index (χ0n) is 13.6. The number of aryl methyl sites for hydroxylation is 3. The van der Waals surface area contributed by atoms with E-state index in [2.05, 4.69) is 40.6 Å². The number of benzene rings is 1. The zero-order valence-corrected chi connectivity index (χ0v) is 14.4. The van der Waals surface area contributed by atoms with Crippen molar-refractivity contribution in [2.75, 3.05) is 0 Å². The summed E-state index contributed by atoms with van der Waals surface area (Å²) >= 11 is 1.59. The highest BCUT2D eigenvalue weighted by atomic mass is 32.1. The van der Waals surface area contributed by atoms with Gasteiger partial charge in [-0.1, -0.05) is 25.1 Å². The van der Waals surface area contributed by atoms with Gasteiger partial charge in [0, 0.05) is 27.5 Å². The summed E-state index contributed by atoms with van der Waals surface area (Å²) in [5, 5.41) is 5.27. The number of hydrogen-bond donors (Lipinski definition) is 2. The van der Waals surface area contributed by atoms with Crippen molar-refractivity contribution in [3.63, 3.8) is 0 Å². The van der Waals surface area contributed by atoms with E-state index >= 15 is 0 Å². The molecule has 1 aliphatic carbocycles. The number of fused-ring (bicyclic) bond motifs is 2. The normalized spacial score (nSPS) is 13.7. The Morgan fingerprint density at radius 3 is 3.17 bits per heavy atom. The van der Waals surface area contributed by atoms with Crippen LogP contribution in [0.5, 0.6) is 0 Å². The summed E-state index contributed by atoms with van der Waals surface area (Å²) in [6, 6.07) is 8.25. The van der Waals surface area contributed by atoms with Gasteiger partial charge in [-0.3, -0.25) is 4.79 Å². The second-order valence-corrected chi connectivity index (χ2v) is 7.19. The first-order valence-corrected chi connectivity index (χ1v) is 9.12. The van der Waals surface area contributed by atoms with Crippen LogP contribution in [-0.2, 0) is 19.3 Å². The van der Waals surface area contributed by atoms with Gasteiger partial charge in [0.1, 0.15) is 0 Å². The van der Waals surface area contributed by atoms with Crippen LogP contribution in [0.3, 0.4) is 0 Å². The van der Waals surface area contributed by atoms with Crippen LogP contribution in [-0.4, -0.2) is 17.1 Å². The molecule has 24 heavy (non-hydrogen) atoms. The lowest BCUT2D eigenvalue weighted by atomic mass is 10.1. The quantitative estimate of drug-likeness (QED) is 0.548. The van der Waals surface area contributed by atoms with Crippen molar-refractivity contribution in [1.82, 2.24) is 10.4 Å². The van der Waals surface area contributed by atoms with Gasteiger partial charge in [0.2, 0.25) is 0 Å². The summed E-state index contributed by atoms with van der Waals surface area (Å²) in [4.78, 5) is 17.6. The van der Waals surface area contributed by atoms with Crippen LogP contribution in [0, 0.1) is 0 Å². The molecule has 0 bridgehead atoms. The van der Waals surface area contributed by atoms with Crippen molar-refractivity contribution in [2.45, 2.75) is 32.6 Å². The number of carbonyl (C=O) groups is 1. The number of carbonyl (C=O) groups excluding carboxylic acids is 1. The number of aromatic amines is 1. The second-order valence-electron chi connectivity index (χ2n) is 6.05. The van der Waals surface area contributed by atoms with Crippen molar-refractivity contribution in [2.24, 2.45) is 5.10 Å². The Labute approximate surface area is 144 Å². The fourth-order valence-electron chi connectivity index (χ4n) is 3.30. The van der Waals surface area contributed by atoms with Crippen LogP contribution in [0.2, 0.25) is 0 Å². The molecule has 0 spiro atoms. The number of hydrogen-bond acceptors (Lipinski definition) is 3. The molecule has 1 amide bonds. The molecule has 1 aromatic carbocycles. The molecule has 2 heterocycles. The molecule has 3 aromatic rings. The highest BCUT2D eigenvalue weighted by molar-refractivity contribution is 7.14. The van der Waals surface area contributed by atoms with Crippen molar-refractivity contribution in [1.29, 1.82) is 0 Å². The first kappa shape index (κ1) is 15.1. The Hall–Kier alpha value is -2.40. The van der Waals surface area contributed by atoms with Crippen LogP contribution in [0.15, 0.2) is 35.6 Å². The van der Waals surface area contributed by atoms with E-state index in [1.165, 1.54) is 22.4 Å². The zero-order chi connectivity index (χ0) is 16.5. The van der Waals surface area contributed by atoms with Crippen LogP contribution < -0.4 is 5.43 Å². The highest BCUT2D eigenvalue weighted by Crippen LogP contribution is 2.30. The third kappa shape index (κ3) is 2.65. The number of rotatable bonds is 4. The maximum Gasteiger partial charge on any atom is 0.281 e. The van der Waals surface area contributed by atoms with Gasteiger partial charge in [-0.2, -0.15) is 5.10 Å². The molecule has 122 valence electrons. The van der Waals surface area contributed by atoms with E-state index in [4.69, 9.17) is 0 Å². The summed E-state index contributed by atoms with van der Waals surface area (Å²) in [6.45, 7) is 2.14. The predicted molar refractivity (Wildman–Crippen MR) is 99.1 cm³/mol. The Balaban J connectivity index is 1.50. The number of thiophene rings is 1. The number of amides is 1. The van der Waals surface area contributed by atoms with E-state index in [1.54, 1.807) is 17.6 Å². The number of nitrogens with one attached hydrogen (secondary N) is 2. The van der Waals surface area contributed by atoms with Crippen molar-refractivity contribution >= 4 is 34.4 Å².